The van der Waals surface area contributed by atoms with E-state index in [2.05, 4.69) is 18.7 Å². The van der Waals surface area contributed by atoms with Gasteiger partial charge in [-0.1, -0.05) is 32.4 Å². The highest BCUT2D eigenvalue weighted by atomic mass is 19.1. The van der Waals surface area contributed by atoms with Crippen LogP contribution < -0.4 is 5.73 Å². The van der Waals surface area contributed by atoms with Gasteiger partial charge in [0.15, 0.2) is 0 Å². The molecule has 1 aliphatic heterocycles. The molecule has 3 heteroatoms. The number of nitrogens with zero attached hydrogens (tertiary/aromatic N) is 1. The molecule has 0 aliphatic carbocycles. The Balaban J connectivity index is 2.31. The van der Waals surface area contributed by atoms with Gasteiger partial charge in [-0.3, -0.25) is 4.90 Å². The Morgan fingerprint density at radius 3 is 2.30 bits per heavy atom. The molecule has 2 rings (SSSR count). The molecule has 0 amide bonds. The maximum absolute atomic E-state index is 13.2. The third-order valence-corrected chi connectivity index (χ3v) is 4.70. The number of halogens is 1. The Kier molecular flexibility index (Phi) is 5.17. The standard InChI is InChI=1S/C17H27FN2/c1-3-7-16(20-12-5-6-13-20)17(19,4-2)14-8-10-15(18)11-9-14/h8-11,16H,3-7,12-13,19H2,1-2H3. The average molecular weight is 278 g/mol. The molecule has 1 fully saturated rings. The number of hydrogen-bond donors (Lipinski definition) is 1. The zero-order chi connectivity index (χ0) is 14.6. The zero-order valence-corrected chi connectivity index (χ0v) is 12.7. The minimum Gasteiger partial charge on any atom is -0.320 e. The van der Waals surface area contributed by atoms with Crippen LogP contribution in [0.1, 0.15) is 51.5 Å². The van der Waals surface area contributed by atoms with Gasteiger partial charge in [-0.2, -0.15) is 0 Å². The first-order valence-electron chi connectivity index (χ1n) is 7.90. The molecule has 2 unspecified atom stereocenters. The van der Waals surface area contributed by atoms with Crippen LogP contribution in [-0.2, 0) is 5.54 Å². The van der Waals surface area contributed by atoms with E-state index in [4.69, 9.17) is 5.73 Å². The van der Waals surface area contributed by atoms with Gasteiger partial charge >= 0.3 is 0 Å². The predicted octanol–water partition coefficient (Wildman–Crippen LogP) is 3.65. The summed E-state index contributed by atoms with van der Waals surface area (Å²) in [6.07, 6.45) is 5.63. The molecule has 0 aromatic heterocycles. The van der Waals surface area contributed by atoms with Crippen LogP contribution >= 0.6 is 0 Å². The molecule has 2 atom stereocenters. The maximum atomic E-state index is 13.2. The van der Waals surface area contributed by atoms with Gasteiger partial charge in [0.1, 0.15) is 5.82 Å². The topological polar surface area (TPSA) is 29.3 Å². The Morgan fingerprint density at radius 1 is 1.20 bits per heavy atom. The van der Waals surface area contributed by atoms with Crippen molar-refractivity contribution in [2.75, 3.05) is 13.1 Å². The van der Waals surface area contributed by atoms with Crippen molar-refractivity contribution in [2.24, 2.45) is 5.73 Å². The lowest BCUT2D eigenvalue weighted by atomic mass is 9.78. The maximum Gasteiger partial charge on any atom is 0.123 e. The van der Waals surface area contributed by atoms with E-state index in [1.807, 2.05) is 12.1 Å². The predicted molar refractivity (Wildman–Crippen MR) is 82.1 cm³/mol. The van der Waals surface area contributed by atoms with Crippen molar-refractivity contribution in [3.63, 3.8) is 0 Å². The first-order chi connectivity index (χ1) is 9.61. The zero-order valence-electron chi connectivity index (χ0n) is 12.7. The van der Waals surface area contributed by atoms with Crippen molar-refractivity contribution in [3.8, 4) is 0 Å². The molecule has 1 heterocycles. The van der Waals surface area contributed by atoms with Gasteiger partial charge in [-0.05, 0) is 56.5 Å². The smallest absolute Gasteiger partial charge is 0.123 e. The molecule has 1 saturated heterocycles. The summed E-state index contributed by atoms with van der Waals surface area (Å²) >= 11 is 0. The second kappa shape index (κ2) is 6.68. The largest absolute Gasteiger partial charge is 0.320 e. The van der Waals surface area contributed by atoms with Crippen LogP contribution in [0.15, 0.2) is 24.3 Å². The lowest BCUT2D eigenvalue weighted by Gasteiger charge is -2.42. The molecular weight excluding hydrogens is 251 g/mol. The van der Waals surface area contributed by atoms with Crippen molar-refractivity contribution in [1.82, 2.24) is 4.90 Å². The second-order valence-corrected chi connectivity index (χ2v) is 5.95. The van der Waals surface area contributed by atoms with E-state index in [0.717, 1.165) is 37.9 Å². The van der Waals surface area contributed by atoms with Crippen LogP contribution in [0.25, 0.3) is 0 Å². The fourth-order valence-electron chi connectivity index (χ4n) is 3.48. The van der Waals surface area contributed by atoms with Crippen LogP contribution in [0.5, 0.6) is 0 Å². The van der Waals surface area contributed by atoms with Crippen molar-refractivity contribution >= 4 is 0 Å². The monoisotopic (exact) mass is 278 g/mol. The molecule has 1 aliphatic rings. The number of hydrogen-bond acceptors (Lipinski definition) is 2. The summed E-state index contributed by atoms with van der Waals surface area (Å²) in [6.45, 7) is 6.64. The highest BCUT2D eigenvalue weighted by molar-refractivity contribution is 5.27. The van der Waals surface area contributed by atoms with Gasteiger partial charge in [-0.15, -0.1) is 0 Å². The Hall–Kier alpha value is -0.930. The minimum absolute atomic E-state index is 0.194. The number of nitrogens with two attached hydrogens (primary N) is 1. The Bertz CT molecular complexity index is 412. The van der Waals surface area contributed by atoms with Gasteiger partial charge in [-0.25, -0.2) is 4.39 Å². The van der Waals surface area contributed by atoms with Crippen molar-refractivity contribution in [2.45, 2.75) is 57.5 Å². The third-order valence-electron chi connectivity index (χ3n) is 4.70. The second-order valence-electron chi connectivity index (χ2n) is 5.95. The summed E-state index contributed by atoms with van der Waals surface area (Å²) in [5, 5.41) is 0. The third kappa shape index (κ3) is 3.04. The fourth-order valence-corrected chi connectivity index (χ4v) is 3.48. The van der Waals surface area contributed by atoms with E-state index in [1.54, 1.807) is 0 Å². The molecule has 1 aromatic rings. The summed E-state index contributed by atoms with van der Waals surface area (Å²) in [5.74, 6) is -0.194. The van der Waals surface area contributed by atoms with E-state index in [-0.39, 0.29) is 11.4 Å². The molecule has 0 spiro atoms. The Morgan fingerprint density at radius 2 is 1.80 bits per heavy atom. The SMILES string of the molecule is CCCC(N1CCCC1)C(N)(CC)c1ccc(F)cc1. The van der Waals surface area contributed by atoms with Crippen LogP contribution in [0.4, 0.5) is 4.39 Å². The van der Waals surface area contributed by atoms with Gasteiger partial charge in [0, 0.05) is 6.04 Å². The summed E-state index contributed by atoms with van der Waals surface area (Å²) in [4.78, 5) is 2.54. The molecule has 112 valence electrons. The molecule has 0 radical (unpaired) electrons. The fraction of sp³-hybridized carbons (Fsp3) is 0.647. The molecule has 0 bridgehead atoms. The number of likely N-dealkylation sites (tertiary alicyclic amines) is 1. The van der Waals surface area contributed by atoms with Gasteiger partial charge in [0.25, 0.3) is 0 Å². The average Bonchev–Trinajstić information content (AvgIpc) is 2.98. The van der Waals surface area contributed by atoms with Gasteiger partial charge in [0.2, 0.25) is 0 Å². The molecule has 0 saturated carbocycles. The number of benzene rings is 1. The van der Waals surface area contributed by atoms with E-state index in [9.17, 15) is 4.39 Å². The molecule has 1 aromatic carbocycles. The van der Waals surface area contributed by atoms with Gasteiger partial charge in [0.05, 0.1) is 5.54 Å². The molecule has 20 heavy (non-hydrogen) atoms. The Labute approximate surface area is 122 Å². The molecular formula is C17H27FN2. The first kappa shape index (κ1) is 15.5. The van der Waals surface area contributed by atoms with E-state index < -0.39 is 0 Å². The van der Waals surface area contributed by atoms with Gasteiger partial charge < -0.3 is 5.73 Å². The minimum atomic E-state index is -0.381. The lowest BCUT2D eigenvalue weighted by Crippen LogP contribution is -2.55. The molecule has 2 N–H and O–H groups in total. The van der Waals surface area contributed by atoms with Crippen molar-refractivity contribution < 1.29 is 4.39 Å². The van der Waals surface area contributed by atoms with E-state index in [0.29, 0.717) is 6.04 Å². The molecule has 2 nitrogen and oxygen atoms in total. The van der Waals surface area contributed by atoms with Crippen molar-refractivity contribution in [3.05, 3.63) is 35.6 Å². The number of rotatable bonds is 6. The van der Waals surface area contributed by atoms with Crippen LogP contribution in [0.3, 0.4) is 0 Å². The summed E-state index contributed by atoms with van der Waals surface area (Å²) in [6, 6.07) is 7.12. The highest BCUT2D eigenvalue weighted by Gasteiger charge is 2.38. The van der Waals surface area contributed by atoms with Crippen LogP contribution in [0, 0.1) is 5.82 Å². The van der Waals surface area contributed by atoms with E-state index >= 15 is 0 Å². The summed E-state index contributed by atoms with van der Waals surface area (Å²) in [5.41, 5.74) is 7.50. The highest BCUT2D eigenvalue weighted by Crippen LogP contribution is 2.33. The van der Waals surface area contributed by atoms with E-state index in [1.165, 1.54) is 25.0 Å². The first-order valence-corrected chi connectivity index (χ1v) is 7.90. The normalized spacial score (nSPS) is 20.8. The lowest BCUT2D eigenvalue weighted by molar-refractivity contribution is 0.130. The van der Waals surface area contributed by atoms with Crippen LogP contribution in [0.2, 0.25) is 0 Å². The summed E-state index contributed by atoms with van der Waals surface area (Å²) < 4.78 is 13.2. The van der Waals surface area contributed by atoms with Crippen molar-refractivity contribution in [1.29, 1.82) is 0 Å². The quantitative estimate of drug-likeness (QED) is 0.860. The summed E-state index contributed by atoms with van der Waals surface area (Å²) in [7, 11) is 0. The van der Waals surface area contributed by atoms with Crippen LogP contribution in [-0.4, -0.2) is 24.0 Å².